The zero-order valence-corrected chi connectivity index (χ0v) is 14.4. The molecule has 1 saturated heterocycles. The van der Waals surface area contributed by atoms with E-state index >= 15 is 0 Å². The SMILES string of the molecule is CN(c1nc(N2CCCC2)ccc1C(C)(C)C)S(C)(=O)=O. The summed E-state index contributed by atoms with van der Waals surface area (Å²) in [6.07, 6.45) is 3.55. The van der Waals surface area contributed by atoms with Crippen LogP contribution in [0.4, 0.5) is 11.6 Å². The first kappa shape index (κ1) is 16.1. The molecule has 2 rings (SSSR count). The van der Waals surface area contributed by atoms with Gasteiger partial charge in [-0.15, -0.1) is 0 Å². The second-order valence-electron chi connectivity index (χ2n) is 6.72. The smallest absolute Gasteiger partial charge is 0.233 e. The number of hydrogen-bond acceptors (Lipinski definition) is 4. The van der Waals surface area contributed by atoms with Crippen molar-refractivity contribution in [3.05, 3.63) is 17.7 Å². The molecule has 1 aliphatic heterocycles. The molecule has 0 unspecified atom stereocenters. The fourth-order valence-corrected chi connectivity index (χ4v) is 3.00. The Hall–Kier alpha value is -1.30. The quantitative estimate of drug-likeness (QED) is 0.860. The van der Waals surface area contributed by atoms with Gasteiger partial charge in [-0.2, -0.15) is 0 Å². The van der Waals surface area contributed by atoms with Gasteiger partial charge < -0.3 is 4.90 Å². The Bertz CT molecular complexity index is 614. The van der Waals surface area contributed by atoms with E-state index in [1.807, 2.05) is 12.1 Å². The summed E-state index contributed by atoms with van der Waals surface area (Å²) in [5.41, 5.74) is 0.781. The molecule has 0 spiro atoms. The molecule has 0 aromatic carbocycles. The lowest BCUT2D eigenvalue weighted by atomic mass is 9.87. The summed E-state index contributed by atoms with van der Waals surface area (Å²) < 4.78 is 25.1. The van der Waals surface area contributed by atoms with Crippen molar-refractivity contribution in [3.63, 3.8) is 0 Å². The lowest BCUT2D eigenvalue weighted by Gasteiger charge is -2.28. The Kier molecular flexibility index (Phi) is 4.19. The van der Waals surface area contributed by atoms with Crippen molar-refractivity contribution in [1.82, 2.24) is 4.98 Å². The molecular formula is C15H25N3O2S. The Balaban J connectivity index is 2.53. The number of anilines is 2. The van der Waals surface area contributed by atoms with Gasteiger partial charge in [-0.3, -0.25) is 4.31 Å². The first-order chi connectivity index (χ1) is 9.60. The van der Waals surface area contributed by atoms with Crippen molar-refractivity contribution in [2.75, 3.05) is 35.6 Å². The van der Waals surface area contributed by atoms with Crippen LogP contribution in [0.2, 0.25) is 0 Å². The summed E-state index contributed by atoms with van der Waals surface area (Å²) in [6, 6.07) is 4.02. The minimum absolute atomic E-state index is 0.162. The van der Waals surface area contributed by atoms with Gasteiger partial charge in [0.25, 0.3) is 0 Å². The van der Waals surface area contributed by atoms with Crippen LogP contribution in [0, 0.1) is 0 Å². The van der Waals surface area contributed by atoms with Crippen LogP contribution in [0.1, 0.15) is 39.2 Å². The minimum Gasteiger partial charge on any atom is -0.357 e. The third-order valence-electron chi connectivity index (χ3n) is 3.89. The Labute approximate surface area is 128 Å². The van der Waals surface area contributed by atoms with Crippen LogP contribution in [0.3, 0.4) is 0 Å². The van der Waals surface area contributed by atoms with Gasteiger partial charge in [-0.25, -0.2) is 13.4 Å². The summed E-state index contributed by atoms with van der Waals surface area (Å²) in [4.78, 5) is 6.87. The first-order valence-corrected chi connectivity index (χ1v) is 9.16. The van der Waals surface area contributed by atoms with Crippen molar-refractivity contribution in [3.8, 4) is 0 Å². The first-order valence-electron chi connectivity index (χ1n) is 7.31. The molecule has 0 saturated carbocycles. The lowest BCUT2D eigenvalue weighted by Crippen LogP contribution is -2.30. The highest BCUT2D eigenvalue weighted by Crippen LogP contribution is 2.33. The van der Waals surface area contributed by atoms with Gasteiger partial charge in [-0.1, -0.05) is 26.8 Å². The number of sulfonamides is 1. The monoisotopic (exact) mass is 311 g/mol. The van der Waals surface area contributed by atoms with E-state index in [9.17, 15) is 8.42 Å². The van der Waals surface area contributed by atoms with Crippen molar-refractivity contribution in [2.24, 2.45) is 0 Å². The van der Waals surface area contributed by atoms with Crippen molar-refractivity contribution >= 4 is 21.7 Å². The van der Waals surface area contributed by atoms with Gasteiger partial charge in [0.2, 0.25) is 10.0 Å². The number of hydrogen-bond donors (Lipinski definition) is 0. The highest BCUT2D eigenvalue weighted by Gasteiger charge is 2.26. The molecule has 118 valence electrons. The number of nitrogens with zero attached hydrogens (tertiary/aromatic N) is 3. The number of aromatic nitrogens is 1. The van der Waals surface area contributed by atoms with Gasteiger partial charge in [0.1, 0.15) is 11.6 Å². The molecule has 2 heterocycles. The highest BCUT2D eigenvalue weighted by molar-refractivity contribution is 7.92. The van der Waals surface area contributed by atoms with Gasteiger partial charge in [0.05, 0.1) is 6.26 Å². The largest absolute Gasteiger partial charge is 0.357 e. The standard InChI is InChI=1S/C15H25N3O2S/c1-15(2,3)12-8-9-13(18-10-6-7-11-18)16-14(12)17(4)21(5,19)20/h8-9H,6-7,10-11H2,1-5H3. The average molecular weight is 311 g/mol. The van der Waals surface area contributed by atoms with E-state index in [0.717, 1.165) is 24.5 Å². The predicted octanol–water partition coefficient (Wildman–Crippen LogP) is 2.38. The topological polar surface area (TPSA) is 53.5 Å². The van der Waals surface area contributed by atoms with E-state index in [0.29, 0.717) is 5.82 Å². The Morgan fingerprint density at radius 2 is 1.76 bits per heavy atom. The van der Waals surface area contributed by atoms with Gasteiger partial charge >= 0.3 is 0 Å². The molecule has 6 heteroatoms. The fourth-order valence-electron chi connectivity index (χ4n) is 2.54. The molecule has 0 N–H and O–H groups in total. The molecule has 1 aliphatic rings. The lowest BCUT2D eigenvalue weighted by molar-refractivity contribution is 0.583. The van der Waals surface area contributed by atoms with E-state index in [4.69, 9.17) is 0 Å². The third kappa shape index (κ3) is 3.48. The third-order valence-corrected chi connectivity index (χ3v) is 5.06. The summed E-state index contributed by atoms with van der Waals surface area (Å²) in [7, 11) is -1.76. The van der Waals surface area contributed by atoms with E-state index in [-0.39, 0.29) is 5.41 Å². The van der Waals surface area contributed by atoms with Crippen LogP contribution in [0.15, 0.2) is 12.1 Å². The summed E-state index contributed by atoms with van der Waals surface area (Å²) >= 11 is 0. The second kappa shape index (κ2) is 5.48. The summed E-state index contributed by atoms with van der Waals surface area (Å²) in [6.45, 7) is 8.19. The molecule has 1 aromatic rings. The molecule has 1 fully saturated rings. The molecule has 0 aliphatic carbocycles. The summed E-state index contributed by atoms with van der Waals surface area (Å²) in [5.74, 6) is 1.40. The van der Waals surface area contributed by atoms with E-state index < -0.39 is 10.0 Å². The minimum atomic E-state index is -3.33. The molecule has 0 radical (unpaired) electrons. The Morgan fingerprint density at radius 3 is 2.24 bits per heavy atom. The zero-order chi connectivity index (χ0) is 15.8. The molecular weight excluding hydrogens is 286 g/mol. The van der Waals surface area contributed by atoms with E-state index in [1.165, 1.54) is 23.4 Å². The van der Waals surface area contributed by atoms with Crippen LogP contribution in [0.25, 0.3) is 0 Å². The van der Waals surface area contributed by atoms with Gasteiger partial charge in [-0.05, 0) is 24.3 Å². The molecule has 0 atom stereocenters. The predicted molar refractivity (Wildman–Crippen MR) is 87.6 cm³/mol. The van der Waals surface area contributed by atoms with Crippen LogP contribution in [0.5, 0.6) is 0 Å². The zero-order valence-electron chi connectivity index (χ0n) is 13.5. The molecule has 0 bridgehead atoms. The maximum Gasteiger partial charge on any atom is 0.233 e. The van der Waals surface area contributed by atoms with Gasteiger partial charge in [0.15, 0.2) is 0 Å². The van der Waals surface area contributed by atoms with E-state index in [1.54, 1.807) is 7.05 Å². The molecule has 21 heavy (non-hydrogen) atoms. The highest BCUT2D eigenvalue weighted by atomic mass is 32.2. The number of pyridine rings is 1. The normalized spacial score (nSPS) is 16.3. The van der Waals surface area contributed by atoms with Crippen molar-refractivity contribution < 1.29 is 8.42 Å². The van der Waals surface area contributed by atoms with Gasteiger partial charge in [0, 0.05) is 25.7 Å². The maximum absolute atomic E-state index is 11.9. The van der Waals surface area contributed by atoms with Crippen molar-refractivity contribution in [2.45, 2.75) is 39.0 Å². The molecule has 1 aromatic heterocycles. The fraction of sp³-hybridized carbons (Fsp3) is 0.667. The van der Waals surface area contributed by atoms with Crippen LogP contribution in [-0.2, 0) is 15.4 Å². The van der Waals surface area contributed by atoms with Crippen LogP contribution >= 0.6 is 0 Å². The van der Waals surface area contributed by atoms with Crippen LogP contribution in [-0.4, -0.2) is 39.8 Å². The molecule has 0 amide bonds. The molecule has 5 nitrogen and oxygen atoms in total. The maximum atomic E-state index is 11.9. The van der Waals surface area contributed by atoms with E-state index in [2.05, 4.69) is 30.7 Å². The van der Waals surface area contributed by atoms with Crippen LogP contribution < -0.4 is 9.21 Å². The Morgan fingerprint density at radius 1 is 1.19 bits per heavy atom. The second-order valence-corrected chi connectivity index (χ2v) is 8.73. The number of rotatable bonds is 3. The van der Waals surface area contributed by atoms with Crippen molar-refractivity contribution in [1.29, 1.82) is 0 Å². The summed E-state index contributed by atoms with van der Waals surface area (Å²) in [5, 5.41) is 0. The average Bonchev–Trinajstić information content (AvgIpc) is 2.88.